The van der Waals surface area contributed by atoms with E-state index >= 15 is 0 Å². The Morgan fingerprint density at radius 2 is 2.00 bits per heavy atom. The fraction of sp³-hybridized carbons (Fsp3) is 0.450. The maximum absolute atomic E-state index is 12.9. The van der Waals surface area contributed by atoms with E-state index in [0.717, 1.165) is 36.8 Å². The van der Waals surface area contributed by atoms with Crippen LogP contribution in [0.1, 0.15) is 53.3 Å². The Balaban J connectivity index is 1.27. The maximum atomic E-state index is 12.9. The zero-order valence-corrected chi connectivity index (χ0v) is 17.9. The molecule has 5 nitrogen and oxygen atoms in total. The highest BCUT2D eigenvalue weighted by Gasteiger charge is 2.32. The zero-order chi connectivity index (χ0) is 18.9. The highest BCUT2D eigenvalue weighted by Crippen LogP contribution is 2.40. The highest BCUT2D eigenvalue weighted by atomic mass is 32.2. The molecule has 5 rings (SSSR count). The molecule has 2 fully saturated rings. The summed E-state index contributed by atoms with van der Waals surface area (Å²) in [5.41, 5.74) is 0. The summed E-state index contributed by atoms with van der Waals surface area (Å²) in [5, 5.41) is 14.0. The van der Waals surface area contributed by atoms with Crippen molar-refractivity contribution in [3.63, 3.8) is 0 Å². The number of carbonyl (C=O) groups excluding carboxylic acids is 1. The Labute approximate surface area is 176 Å². The molecule has 1 atom stereocenters. The summed E-state index contributed by atoms with van der Waals surface area (Å²) in [6.45, 7) is 0.862. The van der Waals surface area contributed by atoms with Crippen molar-refractivity contribution in [2.45, 2.75) is 49.3 Å². The van der Waals surface area contributed by atoms with E-state index in [-0.39, 0.29) is 11.9 Å². The standard InChI is InChI=1S/C20H22N4OS3/c25-19(23-9-1-5-16(23)17-6-3-11-27-17)13-28-20-22-21-18(24(20)14-7-8-14)12-15-4-2-10-26-15/h2-4,6,10-11,14,16H,1,5,7-9,12-13H2/t16-/m0/s1. The lowest BCUT2D eigenvalue weighted by atomic mass is 10.2. The molecule has 3 aromatic rings. The third-order valence-corrected chi connectivity index (χ3v) is 8.11. The first-order valence-corrected chi connectivity index (χ1v) is 12.5. The van der Waals surface area contributed by atoms with Gasteiger partial charge < -0.3 is 9.47 Å². The van der Waals surface area contributed by atoms with Crippen molar-refractivity contribution in [3.05, 3.63) is 50.6 Å². The maximum Gasteiger partial charge on any atom is 0.233 e. The Bertz CT molecular complexity index is 931. The van der Waals surface area contributed by atoms with Gasteiger partial charge >= 0.3 is 0 Å². The van der Waals surface area contributed by atoms with Crippen LogP contribution in [0.2, 0.25) is 0 Å². The summed E-state index contributed by atoms with van der Waals surface area (Å²) in [7, 11) is 0. The number of hydrogen-bond acceptors (Lipinski definition) is 6. The molecule has 0 aromatic carbocycles. The van der Waals surface area contributed by atoms with Gasteiger partial charge in [-0.15, -0.1) is 32.9 Å². The smallest absolute Gasteiger partial charge is 0.233 e. The molecule has 4 heterocycles. The minimum Gasteiger partial charge on any atom is -0.334 e. The number of nitrogens with zero attached hydrogens (tertiary/aromatic N) is 4. The summed E-state index contributed by atoms with van der Waals surface area (Å²) in [5.74, 6) is 1.68. The number of amides is 1. The molecule has 3 aromatic heterocycles. The molecule has 1 saturated carbocycles. The van der Waals surface area contributed by atoms with Gasteiger partial charge in [-0.05, 0) is 48.6 Å². The number of rotatable bonds is 7. The molecule has 8 heteroatoms. The van der Waals surface area contributed by atoms with E-state index in [1.165, 1.54) is 22.6 Å². The van der Waals surface area contributed by atoms with E-state index in [1.54, 1.807) is 34.4 Å². The molecule has 1 amide bonds. The largest absolute Gasteiger partial charge is 0.334 e. The number of carbonyl (C=O) groups is 1. The summed E-state index contributed by atoms with van der Waals surface area (Å²) < 4.78 is 2.28. The molecule has 0 unspecified atom stereocenters. The fourth-order valence-electron chi connectivity index (χ4n) is 3.85. The van der Waals surface area contributed by atoms with E-state index in [2.05, 4.69) is 54.7 Å². The van der Waals surface area contributed by atoms with Crippen molar-refractivity contribution < 1.29 is 4.79 Å². The Kier molecular flexibility index (Phi) is 5.26. The van der Waals surface area contributed by atoms with E-state index in [4.69, 9.17) is 0 Å². The molecule has 0 spiro atoms. The normalized spacial score (nSPS) is 19.4. The molecule has 1 saturated heterocycles. The molecule has 1 aliphatic heterocycles. The van der Waals surface area contributed by atoms with Crippen LogP contribution in [0.3, 0.4) is 0 Å². The van der Waals surface area contributed by atoms with Crippen molar-refractivity contribution in [3.8, 4) is 0 Å². The van der Waals surface area contributed by atoms with E-state index < -0.39 is 0 Å². The first-order chi connectivity index (χ1) is 13.8. The SMILES string of the molecule is O=C(CSc1nnc(Cc2cccs2)n1C1CC1)N1CCC[C@H]1c1cccs1. The summed E-state index contributed by atoms with van der Waals surface area (Å²) >= 11 is 5.05. The van der Waals surface area contributed by atoms with Gasteiger partial charge in [-0.25, -0.2) is 0 Å². The molecule has 28 heavy (non-hydrogen) atoms. The lowest BCUT2D eigenvalue weighted by Crippen LogP contribution is -2.31. The lowest BCUT2D eigenvalue weighted by Gasteiger charge is -2.23. The van der Waals surface area contributed by atoms with E-state index in [0.29, 0.717) is 11.8 Å². The number of thioether (sulfide) groups is 1. The van der Waals surface area contributed by atoms with Crippen LogP contribution >= 0.6 is 34.4 Å². The molecule has 2 aliphatic rings. The molecule has 0 bridgehead atoms. The van der Waals surface area contributed by atoms with E-state index in [9.17, 15) is 4.79 Å². The quantitative estimate of drug-likeness (QED) is 0.506. The third kappa shape index (κ3) is 3.77. The van der Waals surface area contributed by atoms with Crippen LogP contribution in [-0.2, 0) is 11.2 Å². The van der Waals surface area contributed by atoms with Gasteiger partial charge in [0, 0.05) is 28.8 Å². The first-order valence-electron chi connectivity index (χ1n) is 9.71. The van der Waals surface area contributed by atoms with Gasteiger partial charge in [-0.2, -0.15) is 0 Å². The summed E-state index contributed by atoms with van der Waals surface area (Å²) in [4.78, 5) is 17.6. The third-order valence-electron chi connectivity index (χ3n) is 5.33. The van der Waals surface area contributed by atoms with Gasteiger partial charge in [-0.3, -0.25) is 4.79 Å². The average molecular weight is 431 g/mol. The number of hydrogen-bond donors (Lipinski definition) is 0. The molecule has 146 valence electrons. The summed E-state index contributed by atoms with van der Waals surface area (Å²) in [6, 6.07) is 9.20. The van der Waals surface area contributed by atoms with Crippen molar-refractivity contribution in [1.29, 1.82) is 0 Å². The van der Waals surface area contributed by atoms with Crippen molar-refractivity contribution in [2.75, 3.05) is 12.3 Å². The van der Waals surface area contributed by atoms with Gasteiger partial charge in [0.2, 0.25) is 5.91 Å². The second-order valence-corrected chi connectivity index (χ2v) is 10.3. The Morgan fingerprint density at radius 3 is 2.75 bits per heavy atom. The molecular formula is C20H22N4OS3. The van der Waals surface area contributed by atoms with Gasteiger partial charge in [0.25, 0.3) is 0 Å². The zero-order valence-electron chi connectivity index (χ0n) is 15.5. The Hall–Kier alpha value is -1.64. The van der Waals surface area contributed by atoms with Crippen LogP contribution in [0.5, 0.6) is 0 Å². The fourth-order valence-corrected chi connectivity index (χ4v) is 6.33. The van der Waals surface area contributed by atoms with Crippen LogP contribution in [0.25, 0.3) is 0 Å². The van der Waals surface area contributed by atoms with Crippen molar-refractivity contribution in [1.82, 2.24) is 19.7 Å². The second-order valence-electron chi connectivity index (χ2n) is 7.31. The molecule has 0 N–H and O–H groups in total. The van der Waals surface area contributed by atoms with Crippen LogP contribution in [0, 0.1) is 0 Å². The Morgan fingerprint density at radius 1 is 1.14 bits per heavy atom. The second kappa shape index (κ2) is 8.00. The minimum atomic E-state index is 0.214. The van der Waals surface area contributed by atoms with Crippen molar-refractivity contribution >= 4 is 40.3 Å². The van der Waals surface area contributed by atoms with Gasteiger partial charge in [0.1, 0.15) is 5.82 Å². The van der Waals surface area contributed by atoms with Crippen LogP contribution in [0.15, 0.2) is 40.2 Å². The average Bonchev–Trinajstić information content (AvgIpc) is 3.22. The van der Waals surface area contributed by atoms with Crippen LogP contribution < -0.4 is 0 Å². The lowest BCUT2D eigenvalue weighted by molar-refractivity contribution is -0.129. The number of thiophene rings is 2. The molecular weight excluding hydrogens is 408 g/mol. The van der Waals surface area contributed by atoms with E-state index in [1.807, 2.05) is 0 Å². The molecule has 0 radical (unpaired) electrons. The molecule has 1 aliphatic carbocycles. The van der Waals surface area contributed by atoms with Gasteiger partial charge in [0.15, 0.2) is 5.16 Å². The predicted octanol–water partition coefficient (Wildman–Crippen LogP) is 4.78. The van der Waals surface area contributed by atoms with Crippen molar-refractivity contribution in [2.24, 2.45) is 0 Å². The topological polar surface area (TPSA) is 51.0 Å². The summed E-state index contributed by atoms with van der Waals surface area (Å²) in [6.07, 6.45) is 5.34. The highest BCUT2D eigenvalue weighted by molar-refractivity contribution is 7.99. The monoisotopic (exact) mass is 430 g/mol. The van der Waals surface area contributed by atoms with Crippen LogP contribution in [0.4, 0.5) is 0 Å². The van der Waals surface area contributed by atoms with Gasteiger partial charge in [0.05, 0.1) is 11.8 Å². The number of aromatic nitrogens is 3. The predicted molar refractivity (Wildman–Crippen MR) is 114 cm³/mol. The van der Waals surface area contributed by atoms with Gasteiger partial charge in [-0.1, -0.05) is 23.9 Å². The number of likely N-dealkylation sites (tertiary alicyclic amines) is 1. The minimum absolute atomic E-state index is 0.214. The first kappa shape index (κ1) is 18.4. The van der Waals surface area contributed by atoms with Crippen LogP contribution in [-0.4, -0.2) is 37.9 Å².